The molecule has 0 aliphatic rings. The molecule has 0 bridgehead atoms. The number of aliphatic carboxylic acids is 1. The third-order valence-corrected chi connectivity index (χ3v) is 3.12. The zero-order valence-electron chi connectivity index (χ0n) is 12.2. The average molecular weight is 263 g/mol. The van der Waals surface area contributed by atoms with Crippen molar-refractivity contribution in [3.63, 3.8) is 0 Å². The summed E-state index contributed by atoms with van der Waals surface area (Å²) in [6.45, 7) is 7.61. The fourth-order valence-electron chi connectivity index (χ4n) is 2.13. The Bertz CT molecular complexity index is 396. The fraction of sp³-hybridized carbons (Fsp3) is 0.562. The molecule has 0 atom stereocenters. The van der Waals surface area contributed by atoms with Crippen LogP contribution < -0.4 is 5.32 Å². The molecular formula is C16H25NO2. The molecule has 1 aromatic rings. The highest BCUT2D eigenvalue weighted by atomic mass is 16.4. The van der Waals surface area contributed by atoms with E-state index in [4.69, 9.17) is 5.11 Å². The molecule has 106 valence electrons. The molecule has 0 unspecified atom stereocenters. The Hall–Kier alpha value is -1.35. The summed E-state index contributed by atoms with van der Waals surface area (Å²) in [6, 6.07) is 8.62. The first kappa shape index (κ1) is 15.7. The van der Waals surface area contributed by atoms with Gasteiger partial charge in [0.15, 0.2) is 0 Å². The summed E-state index contributed by atoms with van der Waals surface area (Å²) in [5.74, 6) is -0.740. The summed E-state index contributed by atoms with van der Waals surface area (Å²) in [4.78, 5) is 10.7. The van der Waals surface area contributed by atoms with Gasteiger partial charge < -0.3 is 10.4 Å². The largest absolute Gasteiger partial charge is 0.481 e. The van der Waals surface area contributed by atoms with Crippen molar-refractivity contribution < 1.29 is 9.90 Å². The predicted molar refractivity (Wildman–Crippen MR) is 78.2 cm³/mol. The van der Waals surface area contributed by atoms with Crippen molar-refractivity contribution in [1.29, 1.82) is 0 Å². The van der Waals surface area contributed by atoms with Gasteiger partial charge in [0.25, 0.3) is 0 Å². The molecule has 0 aliphatic heterocycles. The van der Waals surface area contributed by atoms with E-state index in [0.717, 1.165) is 13.0 Å². The van der Waals surface area contributed by atoms with Crippen LogP contribution in [0.2, 0.25) is 0 Å². The molecule has 0 saturated carbocycles. The lowest BCUT2D eigenvalue weighted by Gasteiger charge is -2.22. The quantitative estimate of drug-likeness (QED) is 0.757. The topological polar surface area (TPSA) is 49.3 Å². The van der Waals surface area contributed by atoms with Crippen molar-refractivity contribution in [3.8, 4) is 0 Å². The van der Waals surface area contributed by atoms with E-state index < -0.39 is 5.97 Å². The molecule has 0 amide bonds. The molecule has 19 heavy (non-hydrogen) atoms. The van der Waals surface area contributed by atoms with Crippen LogP contribution in [-0.2, 0) is 17.8 Å². The summed E-state index contributed by atoms with van der Waals surface area (Å²) < 4.78 is 0. The van der Waals surface area contributed by atoms with Crippen LogP contribution in [-0.4, -0.2) is 17.6 Å². The van der Waals surface area contributed by atoms with Gasteiger partial charge in [-0.15, -0.1) is 0 Å². The Labute approximate surface area is 116 Å². The van der Waals surface area contributed by atoms with Crippen LogP contribution in [0.5, 0.6) is 0 Å². The third kappa shape index (κ3) is 6.39. The van der Waals surface area contributed by atoms with E-state index in [1.165, 1.54) is 17.5 Å². The Morgan fingerprint density at radius 1 is 1.21 bits per heavy atom. The summed E-state index contributed by atoms with van der Waals surface area (Å²) in [6.07, 6.45) is 2.48. The van der Waals surface area contributed by atoms with Crippen LogP contribution >= 0.6 is 0 Å². The second-order valence-electron chi connectivity index (χ2n) is 5.90. The van der Waals surface area contributed by atoms with Gasteiger partial charge in [0.05, 0.1) is 6.42 Å². The number of carboxylic acids is 1. The molecule has 1 aromatic carbocycles. The van der Waals surface area contributed by atoms with Gasteiger partial charge in [-0.25, -0.2) is 0 Å². The minimum absolute atomic E-state index is 0.190. The van der Waals surface area contributed by atoms with Crippen LogP contribution in [0.4, 0.5) is 0 Å². The van der Waals surface area contributed by atoms with Crippen LogP contribution in [0.25, 0.3) is 0 Å². The first-order valence-corrected chi connectivity index (χ1v) is 6.93. The maximum atomic E-state index is 10.7. The van der Waals surface area contributed by atoms with Gasteiger partial charge in [-0.1, -0.05) is 51.5 Å². The summed E-state index contributed by atoms with van der Waals surface area (Å²) in [7, 11) is 0. The van der Waals surface area contributed by atoms with E-state index >= 15 is 0 Å². The molecule has 0 radical (unpaired) electrons. The number of carbonyl (C=O) groups is 1. The Balaban J connectivity index is 2.38. The summed E-state index contributed by atoms with van der Waals surface area (Å²) in [5, 5.41) is 12.2. The van der Waals surface area contributed by atoms with Gasteiger partial charge >= 0.3 is 5.97 Å². The monoisotopic (exact) mass is 263 g/mol. The molecule has 3 nitrogen and oxygen atoms in total. The molecular weight excluding hydrogens is 238 g/mol. The fourth-order valence-corrected chi connectivity index (χ4v) is 2.13. The Morgan fingerprint density at radius 2 is 1.79 bits per heavy atom. The van der Waals surface area contributed by atoms with Crippen molar-refractivity contribution in [1.82, 2.24) is 5.32 Å². The van der Waals surface area contributed by atoms with Crippen LogP contribution in [0, 0.1) is 5.41 Å². The molecule has 1 rings (SSSR count). The standard InChI is InChI=1S/C16H25NO2/c1-4-5-13-6-8-14(9-7-13)11-17-12-16(2,3)10-15(18)19/h6-9,17H,4-5,10-12H2,1-3H3,(H,18,19). The maximum Gasteiger partial charge on any atom is 0.303 e. The number of nitrogens with one attached hydrogen (secondary N) is 1. The first-order valence-electron chi connectivity index (χ1n) is 6.93. The van der Waals surface area contributed by atoms with Gasteiger partial charge in [-0.05, 0) is 23.0 Å². The molecule has 0 saturated heterocycles. The van der Waals surface area contributed by atoms with E-state index in [9.17, 15) is 4.79 Å². The lowest BCUT2D eigenvalue weighted by Crippen LogP contribution is -2.31. The summed E-state index contributed by atoms with van der Waals surface area (Å²) in [5.41, 5.74) is 2.40. The number of hydrogen-bond donors (Lipinski definition) is 2. The van der Waals surface area contributed by atoms with Gasteiger partial charge in [0, 0.05) is 13.1 Å². The second-order valence-corrected chi connectivity index (χ2v) is 5.90. The minimum atomic E-state index is -0.740. The van der Waals surface area contributed by atoms with Crippen LogP contribution in [0.3, 0.4) is 0 Å². The van der Waals surface area contributed by atoms with Crippen molar-refractivity contribution in [2.45, 2.75) is 46.6 Å². The highest BCUT2D eigenvalue weighted by Gasteiger charge is 2.20. The molecule has 3 heteroatoms. The number of carboxylic acid groups (broad SMARTS) is 1. The number of hydrogen-bond acceptors (Lipinski definition) is 2. The van der Waals surface area contributed by atoms with Crippen molar-refractivity contribution >= 4 is 5.97 Å². The van der Waals surface area contributed by atoms with Gasteiger partial charge in [-0.3, -0.25) is 4.79 Å². The number of aryl methyl sites for hydroxylation is 1. The zero-order valence-corrected chi connectivity index (χ0v) is 12.2. The lowest BCUT2D eigenvalue weighted by molar-refractivity contribution is -0.139. The van der Waals surface area contributed by atoms with Crippen molar-refractivity contribution in [2.24, 2.45) is 5.41 Å². The molecule has 0 aliphatic carbocycles. The number of benzene rings is 1. The predicted octanol–water partition coefficient (Wildman–Crippen LogP) is 3.23. The first-order chi connectivity index (χ1) is 8.93. The van der Waals surface area contributed by atoms with E-state index in [1.54, 1.807) is 0 Å². The van der Waals surface area contributed by atoms with E-state index in [1.807, 2.05) is 13.8 Å². The zero-order chi connectivity index (χ0) is 14.3. The second kappa shape index (κ2) is 7.29. The van der Waals surface area contributed by atoms with E-state index in [0.29, 0.717) is 6.54 Å². The van der Waals surface area contributed by atoms with Gasteiger partial charge in [0.1, 0.15) is 0 Å². The van der Waals surface area contributed by atoms with Crippen LogP contribution in [0.15, 0.2) is 24.3 Å². The third-order valence-electron chi connectivity index (χ3n) is 3.12. The molecule has 0 heterocycles. The highest BCUT2D eigenvalue weighted by Crippen LogP contribution is 2.18. The molecule has 0 aromatic heterocycles. The van der Waals surface area contributed by atoms with Gasteiger partial charge in [-0.2, -0.15) is 0 Å². The smallest absolute Gasteiger partial charge is 0.303 e. The Morgan fingerprint density at radius 3 is 2.32 bits per heavy atom. The van der Waals surface area contributed by atoms with Crippen LogP contribution in [0.1, 0.15) is 44.7 Å². The lowest BCUT2D eigenvalue weighted by atomic mass is 9.89. The average Bonchev–Trinajstić information content (AvgIpc) is 2.30. The SMILES string of the molecule is CCCc1ccc(CNCC(C)(C)CC(=O)O)cc1. The van der Waals surface area contributed by atoms with Gasteiger partial charge in [0.2, 0.25) is 0 Å². The van der Waals surface area contributed by atoms with E-state index in [2.05, 4.69) is 36.5 Å². The van der Waals surface area contributed by atoms with Crippen molar-refractivity contribution in [3.05, 3.63) is 35.4 Å². The minimum Gasteiger partial charge on any atom is -0.481 e. The normalized spacial score (nSPS) is 11.5. The number of rotatable bonds is 8. The van der Waals surface area contributed by atoms with E-state index in [-0.39, 0.29) is 11.8 Å². The Kier molecular flexibility index (Phi) is 6.03. The molecule has 2 N–H and O–H groups in total. The molecule has 0 fully saturated rings. The van der Waals surface area contributed by atoms with Crippen molar-refractivity contribution in [2.75, 3.05) is 6.54 Å². The summed E-state index contributed by atoms with van der Waals surface area (Å²) >= 11 is 0. The highest BCUT2D eigenvalue weighted by molar-refractivity contribution is 5.67. The molecule has 0 spiro atoms. The maximum absolute atomic E-state index is 10.7.